The molecule has 94 heavy (non-hydrogen) atoms. The second kappa shape index (κ2) is 64.4. The van der Waals surface area contributed by atoms with E-state index in [0.29, 0.717) is 68.2 Å². The Morgan fingerprint density at radius 2 is 0.511 bits per heavy atom. The molecule has 0 rings (SSSR count). The largest absolute Gasteiger partial charge is 0.472 e. The average Bonchev–Trinajstić information content (AvgIpc) is 1.66. The van der Waals surface area contributed by atoms with E-state index in [0.717, 1.165) is 38.5 Å². The molecule has 0 aliphatic carbocycles. The molecule has 0 spiro atoms. The Morgan fingerprint density at radius 3 is 0.755 bits per heavy atom. The Labute approximate surface area is 561 Å². The molecule has 0 heterocycles. The molecular weight excluding hydrogens is 1400 g/mol. The zero-order valence-corrected chi connectivity index (χ0v) is 65.7. The monoisotopic (exact) mass is 1520 g/mol. The highest BCUT2D eigenvalue weighted by Crippen LogP contribution is 2.46. The van der Waals surface area contributed by atoms with Crippen LogP contribution in [0.3, 0.4) is 0 Å². The standard InChI is InChI=1S/C12H27O6P.C12H27O4P.C8H19O6P.C6H15O5P.C6H15O4P.C5H13O4P.C4H11O5P/c1-11(2)9-15-5-7-17-19(13,14)18-8-6-16-10-12(3)4;1-11(2)7-5-9-15-17(13,14)16-10-6-8-12(3)4;1-7(5-11-3)13-15(9,10)14-8(2)6-12-4;1-6(2)5-10-3-4-11-12(7,8)9;1-6(2)4-3-5-10-11(7,8)9;1-3-4-5(2)9-10(6,7)8;1-4(3-8-2)9-10(5,6)7/h11-12H,5-10H2,1-4H3,(H,13,14);11-12H,5-10H2,1-4H3,(H,13,14);7-8H,5-6H2,1-4H3,(H,9,10);6H,3-5H2,1-2H3,(H2,7,8,9);6H,3-5H2,1-2H3,(H2,7,8,9);5H,3-4H2,1-2H3,(H2,6,7,8);4H,3H2,1-2H3,(H2,5,6,7). The summed E-state index contributed by atoms with van der Waals surface area (Å²) in [4.78, 5) is 94.2. The molecule has 4 atom stereocenters. The van der Waals surface area contributed by atoms with Gasteiger partial charge in [0.15, 0.2) is 0 Å². The minimum atomic E-state index is -4.33. The van der Waals surface area contributed by atoms with Gasteiger partial charge in [-0.1, -0.05) is 96.4 Å². The molecule has 0 bridgehead atoms. The SMILES string of the molecule is CC(C)CCCOP(=O)(O)O.CC(C)CCCOP(=O)(O)OCCCC(C)C.CC(C)COCCOP(=O)(O)O.CC(C)COCCOP(=O)(O)OCCOCC(C)C.CCCC(C)OP(=O)(O)O.COCC(C)OP(=O)(O)O.COCC(C)OP(=O)(O)OC(C)COC. The number of phosphoric ester groups is 7. The lowest BCUT2D eigenvalue weighted by Gasteiger charge is -2.19. The van der Waals surface area contributed by atoms with Crippen LogP contribution in [0.2, 0.25) is 0 Å². The van der Waals surface area contributed by atoms with Crippen LogP contribution >= 0.6 is 54.8 Å². The van der Waals surface area contributed by atoms with Gasteiger partial charge in [0, 0.05) is 41.2 Å². The van der Waals surface area contributed by atoms with Gasteiger partial charge in [0.05, 0.1) is 104 Å². The third-order valence-electron chi connectivity index (χ3n) is 9.51. The Hall–Kier alpha value is 0.530. The van der Waals surface area contributed by atoms with Crippen molar-refractivity contribution in [3.05, 3.63) is 0 Å². The number of methoxy groups -OCH3 is 3. The lowest BCUT2D eigenvalue weighted by atomic mass is 10.1. The number of phosphoric acid groups is 7. The molecule has 0 radical (unpaired) electrons. The molecular formula is C53H127O34P7. The Balaban J connectivity index is -0.000000190. The average molecular weight is 1530 g/mol. The minimum absolute atomic E-state index is 0.0351. The number of hydrogen-bond donors (Lipinski definition) is 11. The van der Waals surface area contributed by atoms with Gasteiger partial charge in [-0.2, -0.15) is 0 Å². The van der Waals surface area contributed by atoms with E-state index >= 15 is 0 Å². The first-order chi connectivity index (χ1) is 42.8. The second-order valence-electron chi connectivity index (χ2n) is 23.2. The van der Waals surface area contributed by atoms with Crippen LogP contribution in [0.15, 0.2) is 0 Å². The highest BCUT2D eigenvalue weighted by molar-refractivity contribution is 7.48. The van der Waals surface area contributed by atoms with Crippen molar-refractivity contribution in [2.24, 2.45) is 35.5 Å². The van der Waals surface area contributed by atoms with Crippen molar-refractivity contribution in [3.63, 3.8) is 0 Å². The van der Waals surface area contributed by atoms with Crippen LogP contribution in [0.25, 0.3) is 0 Å². The first-order valence-corrected chi connectivity index (χ1v) is 41.4. The van der Waals surface area contributed by atoms with Crippen molar-refractivity contribution in [1.82, 2.24) is 0 Å². The van der Waals surface area contributed by atoms with Crippen molar-refractivity contribution in [3.8, 4) is 0 Å². The second-order valence-corrected chi connectivity index (χ2v) is 32.3. The summed E-state index contributed by atoms with van der Waals surface area (Å²) in [7, 11) is -24.5. The van der Waals surface area contributed by atoms with Crippen LogP contribution in [0, 0.1) is 35.5 Å². The highest BCUT2D eigenvalue weighted by atomic mass is 31.2. The molecule has 41 heteroatoms. The van der Waals surface area contributed by atoms with E-state index in [9.17, 15) is 46.6 Å². The van der Waals surface area contributed by atoms with Crippen molar-refractivity contribution < 1.29 is 159 Å². The van der Waals surface area contributed by atoms with Gasteiger partial charge in [-0.25, -0.2) is 32.0 Å². The summed E-state index contributed by atoms with van der Waals surface area (Å²) in [6.07, 6.45) is 4.79. The van der Waals surface area contributed by atoms with Crippen LogP contribution in [0.5, 0.6) is 0 Å². The van der Waals surface area contributed by atoms with Crippen molar-refractivity contribution in [2.45, 2.75) is 193 Å². The molecule has 0 aliphatic rings. The Morgan fingerprint density at radius 1 is 0.266 bits per heavy atom. The fraction of sp³-hybridized carbons (Fsp3) is 1.00. The van der Waals surface area contributed by atoms with Gasteiger partial charge in [-0.15, -0.1) is 0 Å². The molecule has 4 unspecified atom stereocenters. The van der Waals surface area contributed by atoms with Crippen molar-refractivity contribution in [1.29, 1.82) is 0 Å². The summed E-state index contributed by atoms with van der Waals surface area (Å²) in [6, 6.07) is 0. The zero-order chi connectivity index (χ0) is 74.9. The molecule has 0 aromatic heterocycles. The predicted octanol–water partition coefficient (Wildman–Crippen LogP) is 11.4. The van der Waals surface area contributed by atoms with E-state index in [1.165, 1.54) is 28.3 Å². The van der Waals surface area contributed by atoms with E-state index in [4.69, 9.17) is 90.0 Å². The fourth-order valence-electron chi connectivity index (χ4n) is 5.89. The third kappa shape index (κ3) is 111. The van der Waals surface area contributed by atoms with Crippen LogP contribution in [0.4, 0.5) is 0 Å². The van der Waals surface area contributed by atoms with Crippen LogP contribution < -0.4 is 0 Å². The lowest BCUT2D eigenvalue weighted by molar-refractivity contribution is 0.0244. The van der Waals surface area contributed by atoms with Crippen molar-refractivity contribution >= 4 is 54.8 Å². The Kier molecular flexibility index (Phi) is 73.9. The van der Waals surface area contributed by atoms with Crippen LogP contribution in [-0.2, 0) is 106 Å². The van der Waals surface area contributed by atoms with Gasteiger partial charge < -0.3 is 82.2 Å². The van der Waals surface area contributed by atoms with E-state index in [-0.39, 0.29) is 85.4 Å². The molecule has 34 nitrogen and oxygen atoms in total. The summed E-state index contributed by atoms with van der Waals surface area (Å²) >= 11 is 0. The first kappa shape index (κ1) is 108. The van der Waals surface area contributed by atoms with Crippen LogP contribution in [0.1, 0.15) is 169 Å². The van der Waals surface area contributed by atoms with Gasteiger partial charge in [0.1, 0.15) is 0 Å². The lowest BCUT2D eigenvalue weighted by Crippen LogP contribution is -2.18. The summed E-state index contributed by atoms with van der Waals surface area (Å²) < 4.78 is 150. The fourth-order valence-corrected chi connectivity index (χ4v) is 10.2. The van der Waals surface area contributed by atoms with E-state index in [2.05, 4.69) is 64.4 Å². The van der Waals surface area contributed by atoms with Gasteiger partial charge in [-0.05, 0) is 108 Å². The maximum atomic E-state index is 11.4. The predicted molar refractivity (Wildman–Crippen MR) is 355 cm³/mol. The first-order valence-electron chi connectivity index (χ1n) is 30.8. The quantitative estimate of drug-likeness (QED) is 0.0199. The van der Waals surface area contributed by atoms with Gasteiger partial charge >= 0.3 is 54.8 Å². The Bertz CT molecular complexity index is 1930. The van der Waals surface area contributed by atoms with Gasteiger partial charge in [0.2, 0.25) is 0 Å². The topological polar surface area (TPSA) is 490 Å². The smallest absolute Gasteiger partial charge is 0.382 e. The molecule has 0 aromatic carbocycles. The van der Waals surface area contributed by atoms with E-state index in [1.807, 2.05) is 48.5 Å². The molecule has 0 saturated heterocycles. The molecule has 0 fully saturated rings. The highest BCUT2D eigenvalue weighted by Gasteiger charge is 2.28. The number of ether oxygens (including phenoxy) is 6. The molecule has 0 amide bonds. The summed E-state index contributed by atoms with van der Waals surface area (Å²) in [5.74, 6) is 2.99. The summed E-state index contributed by atoms with van der Waals surface area (Å²) in [5.41, 5.74) is 0. The molecule has 0 aliphatic heterocycles. The maximum Gasteiger partial charge on any atom is 0.472 e. The van der Waals surface area contributed by atoms with Gasteiger partial charge in [0.25, 0.3) is 0 Å². The van der Waals surface area contributed by atoms with Crippen LogP contribution in [-0.4, -0.2) is 199 Å². The van der Waals surface area contributed by atoms with Gasteiger partial charge in [-0.3, -0.25) is 45.2 Å². The van der Waals surface area contributed by atoms with E-state index in [1.54, 1.807) is 20.8 Å². The summed E-state index contributed by atoms with van der Waals surface area (Å²) in [6.45, 7) is 36.8. The zero-order valence-electron chi connectivity index (χ0n) is 59.5. The normalized spacial score (nSPS) is 14.2. The molecule has 11 N–H and O–H groups in total. The summed E-state index contributed by atoms with van der Waals surface area (Å²) in [5, 5.41) is 0. The third-order valence-corrected chi connectivity index (χ3v) is 15.1. The molecule has 578 valence electrons. The number of hydrogen-bond acceptors (Lipinski definition) is 23. The van der Waals surface area contributed by atoms with E-state index < -0.39 is 73.1 Å². The van der Waals surface area contributed by atoms with Crippen molar-refractivity contribution in [2.75, 3.05) is 120 Å². The number of rotatable bonds is 49. The minimum Gasteiger partial charge on any atom is -0.382 e. The maximum absolute atomic E-state index is 11.4. The molecule has 0 aromatic rings. The molecule has 0 saturated carbocycles.